The first kappa shape index (κ1) is 17.2. The van der Waals surface area contributed by atoms with Gasteiger partial charge < -0.3 is 9.47 Å². The van der Waals surface area contributed by atoms with Crippen molar-refractivity contribution >= 4 is 10.9 Å². The molecule has 1 aromatic carbocycles. The van der Waals surface area contributed by atoms with Crippen LogP contribution in [-0.4, -0.2) is 54.1 Å². The van der Waals surface area contributed by atoms with Crippen molar-refractivity contribution in [3.05, 3.63) is 48.7 Å². The minimum atomic E-state index is 0.366. The van der Waals surface area contributed by atoms with Gasteiger partial charge in [-0.1, -0.05) is 18.2 Å². The first-order valence-electron chi connectivity index (χ1n) is 9.79. The zero-order chi connectivity index (χ0) is 19.3. The van der Waals surface area contributed by atoms with Crippen LogP contribution in [-0.2, 0) is 14.1 Å². The normalized spacial score (nSPS) is 18.2. The molecule has 5 rings (SSSR count). The van der Waals surface area contributed by atoms with E-state index in [1.165, 1.54) is 17.3 Å². The van der Waals surface area contributed by atoms with Gasteiger partial charge in [0.05, 0.1) is 12.4 Å². The van der Waals surface area contributed by atoms with Crippen molar-refractivity contribution in [3.63, 3.8) is 0 Å². The SMILES string of the molecule is CN1CCCC(c2nc(-c3cn(C)c4ccccc34)n(-c3cnn(C)c3)n2)C1. The van der Waals surface area contributed by atoms with Gasteiger partial charge in [-0.15, -0.1) is 0 Å². The maximum Gasteiger partial charge on any atom is 0.165 e. The fourth-order valence-electron chi connectivity index (χ4n) is 4.27. The molecule has 3 aromatic heterocycles. The number of piperidine rings is 1. The summed E-state index contributed by atoms with van der Waals surface area (Å²) in [6.45, 7) is 2.15. The van der Waals surface area contributed by atoms with Crippen molar-refractivity contribution in [2.45, 2.75) is 18.8 Å². The third kappa shape index (κ3) is 2.82. The molecule has 144 valence electrons. The van der Waals surface area contributed by atoms with Crippen molar-refractivity contribution in [3.8, 4) is 17.1 Å². The Balaban J connectivity index is 1.69. The van der Waals surface area contributed by atoms with E-state index in [9.17, 15) is 0 Å². The Labute approximate surface area is 164 Å². The van der Waals surface area contributed by atoms with Gasteiger partial charge in [0.1, 0.15) is 5.69 Å². The maximum atomic E-state index is 5.06. The monoisotopic (exact) mass is 375 g/mol. The summed E-state index contributed by atoms with van der Waals surface area (Å²) in [5, 5.41) is 10.5. The van der Waals surface area contributed by atoms with Crippen molar-refractivity contribution in [1.29, 1.82) is 0 Å². The number of hydrogen-bond acceptors (Lipinski definition) is 4. The zero-order valence-corrected chi connectivity index (χ0v) is 16.6. The number of likely N-dealkylation sites (tertiary alicyclic amines) is 1. The highest BCUT2D eigenvalue weighted by molar-refractivity contribution is 5.94. The summed E-state index contributed by atoms with van der Waals surface area (Å²) in [6.07, 6.45) is 8.31. The van der Waals surface area contributed by atoms with Crippen LogP contribution in [0.3, 0.4) is 0 Å². The lowest BCUT2D eigenvalue weighted by Gasteiger charge is -2.27. The molecule has 1 aliphatic heterocycles. The van der Waals surface area contributed by atoms with E-state index in [1.54, 1.807) is 4.68 Å². The van der Waals surface area contributed by atoms with Crippen molar-refractivity contribution in [2.75, 3.05) is 20.1 Å². The van der Waals surface area contributed by atoms with Gasteiger partial charge >= 0.3 is 0 Å². The highest BCUT2D eigenvalue weighted by atomic mass is 15.4. The van der Waals surface area contributed by atoms with Crippen molar-refractivity contribution in [2.24, 2.45) is 14.1 Å². The predicted octanol–water partition coefficient (Wildman–Crippen LogP) is 2.97. The molecular weight excluding hydrogens is 350 g/mol. The maximum absolute atomic E-state index is 5.06. The summed E-state index contributed by atoms with van der Waals surface area (Å²) in [7, 11) is 6.18. The van der Waals surface area contributed by atoms with E-state index in [0.29, 0.717) is 5.92 Å². The van der Waals surface area contributed by atoms with Crippen LogP contribution in [0.2, 0.25) is 0 Å². The molecule has 0 bridgehead atoms. The van der Waals surface area contributed by atoms with Crippen LogP contribution in [0.15, 0.2) is 42.9 Å². The lowest BCUT2D eigenvalue weighted by atomic mass is 9.98. The van der Waals surface area contributed by atoms with Crippen LogP contribution < -0.4 is 0 Å². The van der Waals surface area contributed by atoms with Crippen LogP contribution in [0, 0.1) is 0 Å². The third-order valence-electron chi connectivity index (χ3n) is 5.69. The number of likely N-dealkylation sites (N-methyl/N-ethyl adjacent to an activating group) is 1. The minimum Gasteiger partial charge on any atom is -0.350 e. The quantitative estimate of drug-likeness (QED) is 0.552. The van der Waals surface area contributed by atoms with Crippen LogP contribution in [0.4, 0.5) is 0 Å². The Morgan fingerprint density at radius 2 is 1.93 bits per heavy atom. The zero-order valence-electron chi connectivity index (χ0n) is 16.6. The van der Waals surface area contributed by atoms with Gasteiger partial charge in [-0.2, -0.15) is 10.2 Å². The fourth-order valence-corrected chi connectivity index (χ4v) is 4.27. The van der Waals surface area contributed by atoms with E-state index < -0.39 is 0 Å². The van der Waals surface area contributed by atoms with E-state index in [4.69, 9.17) is 10.1 Å². The molecule has 7 heteroatoms. The highest BCUT2D eigenvalue weighted by Crippen LogP contribution is 2.32. The van der Waals surface area contributed by atoms with Crippen molar-refractivity contribution < 1.29 is 0 Å². The average Bonchev–Trinajstić information content (AvgIpc) is 3.39. The first-order valence-corrected chi connectivity index (χ1v) is 9.79. The summed E-state index contributed by atoms with van der Waals surface area (Å²) in [5.41, 5.74) is 3.23. The molecule has 28 heavy (non-hydrogen) atoms. The van der Waals surface area contributed by atoms with Gasteiger partial charge in [0.25, 0.3) is 0 Å². The van der Waals surface area contributed by atoms with E-state index in [0.717, 1.165) is 42.4 Å². The fraction of sp³-hybridized carbons (Fsp3) is 0.381. The summed E-state index contributed by atoms with van der Waals surface area (Å²) >= 11 is 0. The molecule has 0 spiro atoms. The van der Waals surface area contributed by atoms with Gasteiger partial charge in [-0.05, 0) is 32.5 Å². The van der Waals surface area contributed by atoms with Crippen LogP contribution in [0.5, 0.6) is 0 Å². The number of aryl methyl sites for hydroxylation is 2. The molecule has 4 heterocycles. The summed E-state index contributed by atoms with van der Waals surface area (Å²) < 4.78 is 5.91. The average molecular weight is 375 g/mol. The first-order chi connectivity index (χ1) is 13.6. The van der Waals surface area contributed by atoms with Crippen molar-refractivity contribution in [1.82, 2.24) is 34.0 Å². The van der Waals surface area contributed by atoms with Gasteiger partial charge in [0.2, 0.25) is 0 Å². The van der Waals surface area contributed by atoms with Crippen LogP contribution in [0.25, 0.3) is 28.0 Å². The number of benzene rings is 1. The van der Waals surface area contributed by atoms with E-state index in [-0.39, 0.29) is 0 Å². The molecule has 0 amide bonds. The molecule has 0 aliphatic carbocycles. The molecule has 1 aliphatic rings. The van der Waals surface area contributed by atoms with Gasteiger partial charge in [-0.3, -0.25) is 4.68 Å². The molecule has 7 nitrogen and oxygen atoms in total. The van der Waals surface area contributed by atoms with Crippen LogP contribution >= 0.6 is 0 Å². The lowest BCUT2D eigenvalue weighted by Crippen LogP contribution is -2.31. The van der Waals surface area contributed by atoms with E-state index >= 15 is 0 Å². The Morgan fingerprint density at radius 3 is 2.71 bits per heavy atom. The topological polar surface area (TPSA) is 56.7 Å². The summed E-state index contributed by atoms with van der Waals surface area (Å²) in [4.78, 5) is 7.43. The number of hydrogen-bond donors (Lipinski definition) is 0. The standard InChI is InChI=1S/C21H25N7/c1-25-10-6-7-15(12-25)20-23-21(28(24-20)16-11-22-27(3)13-16)18-14-26(2)19-9-5-4-8-17(18)19/h4-5,8-9,11,13-15H,6-7,10,12H2,1-3H3. The number of rotatable bonds is 3. The largest absolute Gasteiger partial charge is 0.350 e. The third-order valence-corrected chi connectivity index (χ3v) is 5.69. The molecule has 1 fully saturated rings. The summed E-state index contributed by atoms with van der Waals surface area (Å²) in [6, 6.07) is 8.44. The second-order valence-corrected chi connectivity index (χ2v) is 7.85. The number of aromatic nitrogens is 6. The Hall–Kier alpha value is -2.93. The van der Waals surface area contributed by atoms with Crippen LogP contribution in [0.1, 0.15) is 24.6 Å². The predicted molar refractivity (Wildman–Crippen MR) is 110 cm³/mol. The van der Waals surface area contributed by atoms with E-state index in [2.05, 4.69) is 59.1 Å². The Morgan fingerprint density at radius 1 is 1.07 bits per heavy atom. The van der Waals surface area contributed by atoms with Gasteiger partial charge in [0.15, 0.2) is 11.6 Å². The molecular formula is C21H25N7. The summed E-state index contributed by atoms with van der Waals surface area (Å²) in [5.74, 6) is 2.18. The van der Waals surface area contributed by atoms with Gasteiger partial charge in [0, 0.05) is 49.2 Å². The second-order valence-electron chi connectivity index (χ2n) is 7.85. The Bertz CT molecular complexity index is 1130. The molecule has 0 saturated carbocycles. The minimum absolute atomic E-state index is 0.366. The van der Waals surface area contributed by atoms with E-state index in [1.807, 2.05) is 24.1 Å². The molecule has 1 unspecified atom stereocenters. The molecule has 1 saturated heterocycles. The Kier molecular flexibility index (Phi) is 4.05. The lowest BCUT2D eigenvalue weighted by molar-refractivity contribution is 0.246. The number of nitrogens with zero attached hydrogens (tertiary/aromatic N) is 7. The molecule has 0 radical (unpaired) electrons. The number of para-hydroxylation sites is 1. The van der Waals surface area contributed by atoms with Gasteiger partial charge in [-0.25, -0.2) is 9.67 Å². The molecule has 4 aromatic rings. The molecule has 1 atom stereocenters. The molecule has 0 N–H and O–H groups in total. The highest BCUT2D eigenvalue weighted by Gasteiger charge is 2.26. The smallest absolute Gasteiger partial charge is 0.165 e. The second kappa shape index (κ2) is 6.60. The number of fused-ring (bicyclic) bond motifs is 1.